The van der Waals surface area contributed by atoms with E-state index in [-0.39, 0.29) is 0 Å². The molecule has 6 heteroatoms. The molecule has 6 rings (SSSR count). The molecule has 186 valence electrons. The van der Waals surface area contributed by atoms with Gasteiger partial charge in [0.2, 0.25) is 0 Å². The fourth-order valence-corrected chi connectivity index (χ4v) is 4.38. The summed E-state index contributed by atoms with van der Waals surface area (Å²) in [5, 5.41) is 4.15. The van der Waals surface area contributed by atoms with Gasteiger partial charge in [0.1, 0.15) is 36.2 Å². The average molecular weight is 487 g/mol. The summed E-state index contributed by atoms with van der Waals surface area (Å²) < 4.78 is 34.8. The second-order valence-corrected chi connectivity index (χ2v) is 9.10. The molecule has 4 aromatic carbocycles. The number of rotatable bonds is 13. The minimum Gasteiger partial charge on any atom is -0.493 e. The van der Waals surface area contributed by atoms with Crippen molar-refractivity contribution in [2.24, 2.45) is 0 Å². The zero-order valence-corrected chi connectivity index (χ0v) is 20.2. The lowest BCUT2D eigenvalue weighted by molar-refractivity contribution is 0.220. The van der Waals surface area contributed by atoms with Crippen molar-refractivity contribution in [3.8, 4) is 23.0 Å². The maximum Gasteiger partial charge on any atom is 0.127 e. The fraction of sp³-hybridized carbons (Fsp3) is 0.333. The van der Waals surface area contributed by atoms with Crippen LogP contribution in [0, 0.1) is 0 Å². The highest BCUT2D eigenvalue weighted by Crippen LogP contribution is 2.34. The van der Waals surface area contributed by atoms with Crippen molar-refractivity contribution in [1.29, 1.82) is 0 Å². The highest BCUT2D eigenvalue weighted by Gasteiger charge is 2.22. The maximum atomic E-state index is 6.13. The van der Waals surface area contributed by atoms with Gasteiger partial charge in [-0.3, -0.25) is 0 Å². The van der Waals surface area contributed by atoms with Gasteiger partial charge in [-0.15, -0.1) is 0 Å². The molecule has 6 nitrogen and oxygen atoms in total. The van der Waals surface area contributed by atoms with E-state index < -0.39 is 0 Å². The minimum absolute atomic E-state index is 0.363. The van der Waals surface area contributed by atoms with Crippen LogP contribution in [0.15, 0.2) is 72.8 Å². The van der Waals surface area contributed by atoms with Crippen LogP contribution in [0.5, 0.6) is 23.0 Å². The second-order valence-electron chi connectivity index (χ2n) is 9.10. The first-order chi connectivity index (χ1) is 17.8. The van der Waals surface area contributed by atoms with Gasteiger partial charge in [-0.2, -0.15) is 0 Å². The fourth-order valence-electron chi connectivity index (χ4n) is 4.38. The predicted molar refractivity (Wildman–Crippen MR) is 139 cm³/mol. The largest absolute Gasteiger partial charge is 0.493 e. The number of hydrogen-bond donors (Lipinski definition) is 0. The van der Waals surface area contributed by atoms with E-state index in [4.69, 9.17) is 28.4 Å². The van der Waals surface area contributed by atoms with Gasteiger partial charge in [-0.25, -0.2) is 0 Å². The van der Waals surface area contributed by atoms with E-state index in [0.29, 0.717) is 38.6 Å². The first-order valence-corrected chi connectivity index (χ1v) is 12.6. The van der Waals surface area contributed by atoms with E-state index in [1.165, 1.54) is 0 Å². The Hall–Kier alpha value is -3.48. The molecule has 2 aliphatic rings. The Bertz CT molecular complexity index is 1220. The van der Waals surface area contributed by atoms with Gasteiger partial charge < -0.3 is 28.4 Å². The van der Waals surface area contributed by atoms with Crippen LogP contribution in [0.4, 0.5) is 0 Å². The first kappa shape index (κ1) is 23.0. The molecule has 2 fully saturated rings. The molecule has 0 bridgehead atoms. The Morgan fingerprint density at radius 3 is 1.08 bits per heavy atom. The Balaban J connectivity index is 1.08. The topological polar surface area (TPSA) is 62.0 Å². The third-order valence-corrected chi connectivity index (χ3v) is 6.48. The van der Waals surface area contributed by atoms with E-state index in [1.54, 1.807) is 0 Å². The van der Waals surface area contributed by atoms with Crippen molar-refractivity contribution in [2.75, 3.05) is 39.6 Å². The summed E-state index contributed by atoms with van der Waals surface area (Å²) in [6.45, 7) is 3.85. The number of ether oxygens (including phenoxy) is 6. The van der Waals surface area contributed by atoms with E-state index in [1.807, 2.05) is 48.5 Å². The zero-order chi connectivity index (χ0) is 24.2. The van der Waals surface area contributed by atoms with Gasteiger partial charge in [0.05, 0.1) is 38.6 Å². The van der Waals surface area contributed by atoms with Gasteiger partial charge in [0.15, 0.2) is 0 Å². The normalized spacial score (nSPS) is 18.2. The highest BCUT2D eigenvalue weighted by molar-refractivity contribution is 5.93. The molecule has 2 aliphatic heterocycles. The molecular formula is C30H30O6. The van der Waals surface area contributed by atoms with Crippen LogP contribution in [0.1, 0.15) is 12.8 Å². The third-order valence-electron chi connectivity index (χ3n) is 6.48. The minimum atomic E-state index is 0.363. The SMILES string of the molecule is c1cc(OCCC2CO2)c2cccc(OCCOc3cccc4c(OCCC5CO5)cccc34)c2c1. The van der Waals surface area contributed by atoms with Crippen LogP contribution in [-0.4, -0.2) is 51.8 Å². The van der Waals surface area contributed by atoms with Crippen LogP contribution < -0.4 is 18.9 Å². The van der Waals surface area contributed by atoms with E-state index in [2.05, 4.69) is 24.3 Å². The number of hydrogen-bond acceptors (Lipinski definition) is 6. The van der Waals surface area contributed by atoms with E-state index in [9.17, 15) is 0 Å². The monoisotopic (exact) mass is 486 g/mol. The Labute approximate surface area is 210 Å². The first-order valence-electron chi connectivity index (χ1n) is 12.6. The zero-order valence-electron chi connectivity index (χ0n) is 20.2. The van der Waals surface area contributed by atoms with Crippen LogP contribution in [-0.2, 0) is 9.47 Å². The van der Waals surface area contributed by atoms with Crippen molar-refractivity contribution in [3.05, 3.63) is 72.8 Å². The quantitative estimate of drug-likeness (QED) is 0.176. The number of epoxide rings is 2. The standard InChI is InChI=1S/C30H30O6/c1-7-25-23(27(9-1)31-15-13-21-19-35-21)5-3-11-29(25)33-17-18-34-30-12-4-6-24-26(30)8-2-10-28(24)32-16-14-22-20-36-22/h1-12,21-22H,13-20H2. The lowest BCUT2D eigenvalue weighted by Crippen LogP contribution is -2.09. The Morgan fingerprint density at radius 2 is 0.778 bits per heavy atom. The van der Waals surface area contributed by atoms with Crippen LogP contribution in [0.2, 0.25) is 0 Å². The molecule has 0 aliphatic carbocycles. The molecule has 2 saturated heterocycles. The molecule has 36 heavy (non-hydrogen) atoms. The van der Waals surface area contributed by atoms with Crippen LogP contribution in [0.3, 0.4) is 0 Å². The van der Waals surface area contributed by atoms with Gasteiger partial charge in [0.25, 0.3) is 0 Å². The number of fused-ring (bicyclic) bond motifs is 2. The lowest BCUT2D eigenvalue weighted by atomic mass is 10.1. The lowest BCUT2D eigenvalue weighted by Gasteiger charge is -2.14. The summed E-state index contributed by atoms with van der Waals surface area (Å²) in [4.78, 5) is 0. The van der Waals surface area contributed by atoms with Crippen molar-refractivity contribution in [2.45, 2.75) is 25.0 Å². The molecule has 0 radical (unpaired) electrons. The molecule has 0 N–H and O–H groups in total. The molecular weight excluding hydrogens is 456 g/mol. The molecule has 0 spiro atoms. The van der Waals surface area contributed by atoms with E-state index >= 15 is 0 Å². The molecule has 2 atom stereocenters. The smallest absolute Gasteiger partial charge is 0.127 e. The molecule has 2 heterocycles. The summed E-state index contributed by atoms with van der Waals surface area (Å²) in [5.41, 5.74) is 0. The van der Waals surface area contributed by atoms with Gasteiger partial charge in [0, 0.05) is 34.4 Å². The molecule has 0 amide bonds. The third kappa shape index (κ3) is 5.50. The Morgan fingerprint density at radius 1 is 0.472 bits per heavy atom. The molecule has 4 aromatic rings. The Kier molecular flexibility index (Phi) is 6.79. The van der Waals surface area contributed by atoms with Gasteiger partial charge >= 0.3 is 0 Å². The van der Waals surface area contributed by atoms with Crippen molar-refractivity contribution < 1.29 is 28.4 Å². The molecule has 0 saturated carbocycles. The van der Waals surface area contributed by atoms with Crippen LogP contribution in [0.25, 0.3) is 21.5 Å². The van der Waals surface area contributed by atoms with Gasteiger partial charge in [-0.1, -0.05) is 48.5 Å². The molecule has 2 unspecified atom stereocenters. The predicted octanol–water partition coefficient (Wildman–Crippen LogP) is 5.79. The highest BCUT2D eigenvalue weighted by atomic mass is 16.6. The van der Waals surface area contributed by atoms with Gasteiger partial charge in [-0.05, 0) is 24.3 Å². The summed E-state index contributed by atoms with van der Waals surface area (Å²) >= 11 is 0. The molecule has 0 aromatic heterocycles. The van der Waals surface area contributed by atoms with Crippen molar-refractivity contribution in [1.82, 2.24) is 0 Å². The number of benzene rings is 4. The van der Waals surface area contributed by atoms with Crippen LogP contribution >= 0.6 is 0 Å². The summed E-state index contributed by atoms with van der Waals surface area (Å²) in [7, 11) is 0. The van der Waals surface area contributed by atoms with Crippen molar-refractivity contribution in [3.63, 3.8) is 0 Å². The van der Waals surface area contributed by atoms with Crippen molar-refractivity contribution >= 4 is 21.5 Å². The summed E-state index contributed by atoms with van der Waals surface area (Å²) in [6, 6.07) is 24.2. The average Bonchev–Trinajstić information content (AvgIpc) is 3.83. The van der Waals surface area contributed by atoms with E-state index in [0.717, 1.165) is 70.6 Å². The summed E-state index contributed by atoms with van der Waals surface area (Å²) in [5.74, 6) is 3.38. The second kappa shape index (κ2) is 10.6. The maximum absolute atomic E-state index is 6.13. The summed E-state index contributed by atoms with van der Waals surface area (Å²) in [6.07, 6.45) is 2.56.